The normalized spacial score (nSPS) is 18.0. The van der Waals surface area contributed by atoms with Crippen molar-refractivity contribution in [2.24, 2.45) is 19.1 Å². The van der Waals surface area contributed by atoms with Crippen LogP contribution in [-0.4, -0.2) is 67.1 Å². The van der Waals surface area contributed by atoms with E-state index in [4.69, 9.17) is 4.99 Å². The summed E-state index contributed by atoms with van der Waals surface area (Å²) in [5.41, 5.74) is 3.62. The van der Waals surface area contributed by atoms with Crippen molar-refractivity contribution in [2.45, 2.75) is 72.5 Å². The van der Waals surface area contributed by atoms with Crippen molar-refractivity contribution in [3.05, 3.63) is 28.6 Å². The number of nitrogens with zero attached hydrogens (tertiary/aromatic N) is 7. The number of likely N-dealkylation sites (tertiary alicyclic amines) is 1. The Morgan fingerprint density at radius 1 is 1.22 bits per heavy atom. The zero-order valence-electron chi connectivity index (χ0n) is 20.6. The molecule has 2 aromatic heterocycles. The number of guanidine groups is 1. The predicted molar refractivity (Wildman–Crippen MR) is 140 cm³/mol. The molecular weight excluding hydrogens is 517 g/mol. The number of hydrogen-bond donors (Lipinski definition) is 2. The third-order valence-electron chi connectivity index (χ3n) is 6.52. The van der Waals surface area contributed by atoms with Gasteiger partial charge in [-0.3, -0.25) is 9.58 Å². The van der Waals surface area contributed by atoms with Crippen molar-refractivity contribution in [2.75, 3.05) is 19.6 Å². The number of hydrogen-bond acceptors (Lipinski definition) is 5. The average Bonchev–Trinajstić information content (AvgIpc) is 3.39. The average molecular weight is 558 g/mol. The molecule has 10 heteroatoms. The van der Waals surface area contributed by atoms with Crippen LogP contribution in [0.25, 0.3) is 0 Å². The highest BCUT2D eigenvalue weighted by molar-refractivity contribution is 14.0. The summed E-state index contributed by atoms with van der Waals surface area (Å²) < 4.78 is 3.95. The molecule has 3 rings (SSSR count). The minimum absolute atomic E-state index is 0. The van der Waals surface area contributed by atoms with Crippen LogP contribution in [0.4, 0.5) is 0 Å². The van der Waals surface area contributed by atoms with E-state index in [2.05, 4.69) is 58.5 Å². The Kier molecular flexibility index (Phi) is 9.93. The first kappa shape index (κ1) is 26.6. The first-order valence-corrected chi connectivity index (χ1v) is 11.4. The van der Waals surface area contributed by atoms with Gasteiger partial charge in [-0.25, -0.2) is 4.99 Å². The molecule has 1 aliphatic rings. The summed E-state index contributed by atoms with van der Waals surface area (Å²) >= 11 is 0. The fourth-order valence-electron chi connectivity index (χ4n) is 4.35. The second kappa shape index (κ2) is 12.0. The molecule has 0 saturated carbocycles. The van der Waals surface area contributed by atoms with Gasteiger partial charge < -0.3 is 15.2 Å². The van der Waals surface area contributed by atoms with Crippen LogP contribution in [0.1, 0.15) is 55.3 Å². The van der Waals surface area contributed by atoms with Crippen LogP contribution in [-0.2, 0) is 27.1 Å². The Bertz CT molecular complexity index is 902. The molecule has 2 N–H and O–H groups in total. The van der Waals surface area contributed by atoms with Crippen LogP contribution in [0.15, 0.2) is 4.99 Å². The molecule has 32 heavy (non-hydrogen) atoms. The monoisotopic (exact) mass is 557 g/mol. The number of aryl methyl sites for hydroxylation is 3. The van der Waals surface area contributed by atoms with Crippen LogP contribution in [0.5, 0.6) is 0 Å². The van der Waals surface area contributed by atoms with Gasteiger partial charge in [-0.15, -0.1) is 34.2 Å². The van der Waals surface area contributed by atoms with E-state index in [1.807, 2.05) is 30.3 Å². The topological polar surface area (TPSA) is 88.2 Å². The number of halogens is 1. The third-order valence-corrected chi connectivity index (χ3v) is 6.52. The maximum atomic E-state index is 4.84. The van der Waals surface area contributed by atoms with Gasteiger partial charge in [0.2, 0.25) is 0 Å². The summed E-state index contributed by atoms with van der Waals surface area (Å²) in [5.74, 6) is 2.59. The maximum Gasteiger partial charge on any atom is 0.191 e. The van der Waals surface area contributed by atoms with Crippen molar-refractivity contribution in [1.29, 1.82) is 0 Å². The molecular formula is C22H40IN9. The minimum Gasteiger partial charge on any atom is -0.355 e. The third kappa shape index (κ3) is 6.43. The van der Waals surface area contributed by atoms with Gasteiger partial charge in [0.1, 0.15) is 12.4 Å². The summed E-state index contributed by atoms with van der Waals surface area (Å²) in [4.78, 5) is 7.39. The lowest BCUT2D eigenvalue weighted by molar-refractivity contribution is 0.267. The molecule has 1 saturated heterocycles. The van der Waals surface area contributed by atoms with Crippen molar-refractivity contribution >= 4 is 29.9 Å². The molecule has 2 atom stereocenters. The van der Waals surface area contributed by atoms with Crippen molar-refractivity contribution in [1.82, 2.24) is 40.1 Å². The summed E-state index contributed by atoms with van der Waals surface area (Å²) in [7, 11) is 3.98. The largest absolute Gasteiger partial charge is 0.355 e. The van der Waals surface area contributed by atoms with E-state index in [-0.39, 0.29) is 30.0 Å². The van der Waals surface area contributed by atoms with E-state index >= 15 is 0 Å². The number of likely N-dealkylation sites (N-methyl/N-ethyl adjacent to an activating group) is 1. The van der Waals surface area contributed by atoms with E-state index in [9.17, 15) is 0 Å². The Labute approximate surface area is 209 Å². The molecule has 1 fully saturated rings. The van der Waals surface area contributed by atoms with Gasteiger partial charge in [-0.1, -0.05) is 6.92 Å². The van der Waals surface area contributed by atoms with Crippen LogP contribution in [0, 0.1) is 20.8 Å². The highest BCUT2D eigenvalue weighted by atomic mass is 127. The molecule has 180 valence electrons. The van der Waals surface area contributed by atoms with Crippen LogP contribution < -0.4 is 10.6 Å². The summed E-state index contributed by atoms with van der Waals surface area (Å²) in [6.45, 7) is 14.3. The van der Waals surface area contributed by atoms with E-state index in [0.717, 1.165) is 42.8 Å². The van der Waals surface area contributed by atoms with E-state index in [0.29, 0.717) is 12.6 Å². The molecule has 0 spiro atoms. The van der Waals surface area contributed by atoms with Gasteiger partial charge in [0.25, 0.3) is 0 Å². The molecule has 1 aliphatic heterocycles. The second-order valence-corrected chi connectivity index (χ2v) is 8.72. The maximum absolute atomic E-state index is 4.84. The smallest absolute Gasteiger partial charge is 0.191 e. The number of aromatic nitrogens is 5. The van der Waals surface area contributed by atoms with Crippen LogP contribution in [0.2, 0.25) is 0 Å². The van der Waals surface area contributed by atoms with Gasteiger partial charge >= 0.3 is 0 Å². The lowest BCUT2D eigenvalue weighted by Gasteiger charge is -2.25. The van der Waals surface area contributed by atoms with Crippen molar-refractivity contribution in [3.8, 4) is 0 Å². The molecule has 0 aliphatic carbocycles. The number of nitrogens with one attached hydrogen (secondary N) is 2. The predicted octanol–water partition coefficient (Wildman–Crippen LogP) is 2.24. The quantitative estimate of drug-likeness (QED) is 0.294. The Hall–Kier alpha value is -1.69. The van der Waals surface area contributed by atoms with Crippen LogP contribution in [0.3, 0.4) is 0 Å². The molecule has 9 nitrogen and oxygen atoms in total. The summed E-state index contributed by atoms with van der Waals surface area (Å²) in [5, 5.41) is 20.2. The molecule has 3 heterocycles. The lowest BCUT2D eigenvalue weighted by Crippen LogP contribution is -2.47. The molecule has 2 aromatic rings. The van der Waals surface area contributed by atoms with Gasteiger partial charge in [-0.2, -0.15) is 5.10 Å². The summed E-state index contributed by atoms with van der Waals surface area (Å²) in [6, 6.07) is 0.784. The fourth-order valence-corrected chi connectivity index (χ4v) is 4.35. The van der Waals surface area contributed by atoms with Gasteiger partial charge in [0.05, 0.1) is 5.69 Å². The molecule has 2 unspecified atom stereocenters. The molecule has 0 radical (unpaired) electrons. The minimum atomic E-state index is 0. The lowest BCUT2D eigenvalue weighted by atomic mass is 10.1. The fraction of sp³-hybridized carbons (Fsp3) is 0.727. The Morgan fingerprint density at radius 2 is 1.97 bits per heavy atom. The molecule has 0 amide bonds. The van der Waals surface area contributed by atoms with Gasteiger partial charge in [-0.05, 0) is 65.6 Å². The standard InChI is InChI=1S/C22H39N9.HI/c1-8-31-11-9-10-19(31)13-23-22(24-14-21-27-26-18(5)29(21)6)25-15(2)12-20-16(3)28-30(7)17(20)4;/h15,19H,8-14H2,1-7H3,(H2,23,24,25);1H. The Balaban J connectivity index is 0.00000363. The SMILES string of the molecule is CCN1CCCC1CNC(=NCc1nnc(C)n1C)NC(C)Cc1c(C)nn(C)c1C.I. The van der Waals surface area contributed by atoms with Gasteiger partial charge in [0.15, 0.2) is 11.8 Å². The Morgan fingerprint density at radius 3 is 2.56 bits per heavy atom. The molecule has 0 aromatic carbocycles. The second-order valence-electron chi connectivity index (χ2n) is 8.72. The number of rotatable bonds is 8. The van der Waals surface area contributed by atoms with E-state index in [1.54, 1.807) is 0 Å². The zero-order valence-corrected chi connectivity index (χ0v) is 23.0. The first-order valence-electron chi connectivity index (χ1n) is 11.4. The van der Waals surface area contributed by atoms with E-state index in [1.165, 1.54) is 30.6 Å². The highest BCUT2D eigenvalue weighted by Gasteiger charge is 2.23. The van der Waals surface area contributed by atoms with Crippen molar-refractivity contribution in [3.63, 3.8) is 0 Å². The first-order chi connectivity index (χ1) is 14.8. The van der Waals surface area contributed by atoms with Gasteiger partial charge in [0, 0.05) is 38.4 Å². The molecule has 0 bridgehead atoms. The van der Waals surface area contributed by atoms with Crippen molar-refractivity contribution < 1.29 is 0 Å². The summed E-state index contributed by atoms with van der Waals surface area (Å²) in [6.07, 6.45) is 3.41. The highest BCUT2D eigenvalue weighted by Crippen LogP contribution is 2.16. The number of aliphatic imine (C=N–C) groups is 1. The van der Waals surface area contributed by atoms with E-state index < -0.39 is 0 Å². The van der Waals surface area contributed by atoms with Crippen LogP contribution >= 0.6 is 24.0 Å². The zero-order chi connectivity index (χ0) is 22.5.